The normalized spacial score (nSPS) is 28.3. The van der Waals surface area contributed by atoms with E-state index in [2.05, 4.69) is 13.8 Å². The van der Waals surface area contributed by atoms with Crippen LogP contribution in [0.1, 0.15) is 46.0 Å². The Morgan fingerprint density at radius 3 is 2.62 bits per heavy atom. The van der Waals surface area contributed by atoms with E-state index in [4.69, 9.17) is 12.2 Å². The third-order valence-corrected chi connectivity index (χ3v) is 6.19. The largest absolute Gasteiger partial charge is 0.106 e. The summed E-state index contributed by atoms with van der Waals surface area (Å²) in [6, 6.07) is 0. The topological polar surface area (TPSA) is 0 Å². The highest BCUT2D eigenvalue weighted by Gasteiger charge is 2.35. The minimum Gasteiger partial charge on any atom is -0.106 e. The molecule has 76 valence electrons. The van der Waals surface area contributed by atoms with Gasteiger partial charge in [-0.3, -0.25) is 0 Å². The van der Waals surface area contributed by atoms with Gasteiger partial charge in [0.15, 0.2) is 0 Å². The van der Waals surface area contributed by atoms with Gasteiger partial charge in [0.05, 0.1) is 0 Å². The number of thioether (sulfide) groups is 2. The van der Waals surface area contributed by atoms with Gasteiger partial charge in [-0.1, -0.05) is 45.3 Å². The van der Waals surface area contributed by atoms with E-state index in [-0.39, 0.29) is 0 Å². The number of unbranched alkanes of at least 4 members (excludes halogenated alkanes) is 2. The molecular weight excluding hydrogens is 216 g/mol. The predicted octanol–water partition coefficient (Wildman–Crippen LogP) is 4.48. The number of hydrogen-bond donors (Lipinski definition) is 0. The first-order valence-corrected chi connectivity index (χ1v) is 7.29. The van der Waals surface area contributed by atoms with Gasteiger partial charge in [-0.2, -0.15) is 0 Å². The minimum atomic E-state index is 0.497. The SMILES string of the molecule is CCCCCC1(CC)CSC(=S)S1. The molecule has 3 heteroatoms. The Hall–Kier alpha value is 0.790. The van der Waals surface area contributed by atoms with E-state index in [1.54, 1.807) is 0 Å². The van der Waals surface area contributed by atoms with Crippen molar-refractivity contribution < 1.29 is 0 Å². The van der Waals surface area contributed by atoms with Gasteiger partial charge >= 0.3 is 0 Å². The van der Waals surface area contributed by atoms with Crippen molar-refractivity contribution in [3.63, 3.8) is 0 Å². The van der Waals surface area contributed by atoms with Crippen molar-refractivity contribution in [3.8, 4) is 0 Å². The summed E-state index contributed by atoms with van der Waals surface area (Å²) in [5, 5.41) is 0. The van der Waals surface area contributed by atoms with Gasteiger partial charge < -0.3 is 0 Å². The lowest BCUT2D eigenvalue weighted by Gasteiger charge is -2.24. The monoisotopic (exact) mass is 234 g/mol. The maximum Gasteiger partial charge on any atom is 0.104 e. The summed E-state index contributed by atoms with van der Waals surface area (Å²) in [4.78, 5) is 0. The third-order valence-electron chi connectivity index (χ3n) is 2.63. The zero-order chi connectivity index (χ0) is 9.73. The minimum absolute atomic E-state index is 0.497. The lowest BCUT2D eigenvalue weighted by Crippen LogP contribution is -2.23. The smallest absolute Gasteiger partial charge is 0.104 e. The Morgan fingerprint density at radius 1 is 1.38 bits per heavy atom. The van der Waals surface area contributed by atoms with Crippen molar-refractivity contribution in [1.82, 2.24) is 0 Å². The molecule has 0 aliphatic carbocycles. The molecule has 13 heavy (non-hydrogen) atoms. The Kier molecular flexibility index (Phi) is 5.13. The highest BCUT2D eigenvalue weighted by Crippen LogP contribution is 2.47. The first-order valence-electron chi connectivity index (χ1n) is 5.08. The van der Waals surface area contributed by atoms with Crippen molar-refractivity contribution in [2.75, 3.05) is 5.75 Å². The Bertz CT molecular complexity index is 179. The van der Waals surface area contributed by atoms with Crippen LogP contribution in [0.5, 0.6) is 0 Å². The highest BCUT2D eigenvalue weighted by molar-refractivity contribution is 8.49. The predicted molar refractivity (Wildman–Crippen MR) is 69.8 cm³/mol. The molecule has 0 aromatic heterocycles. The molecule has 1 aliphatic heterocycles. The van der Waals surface area contributed by atoms with Crippen molar-refractivity contribution >= 4 is 39.3 Å². The summed E-state index contributed by atoms with van der Waals surface area (Å²) >= 11 is 9.08. The summed E-state index contributed by atoms with van der Waals surface area (Å²) in [5.74, 6) is 1.25. The van der Waals surface area contributed by atoms with E-state index in [1.165, 1.54) is 41.4 Å². The molecular formula is C10H18S3. The van der Waals surface area contributed by atoms with Crippen LogP contribution >= 0.6 is 35.7 Å². The molecule has 0 saturated carbocycles. The van der Waals surface area contributed by atoms with Crippen molar-refractivity contribution in [1.29, 1.82) is 0 Å². The van der Waals surface area contributed by atoms with Crippen LogP contribution in [0.4, 0.5) is 0 Å². The van der Waals surface area contributed by atoms with Crippen LogP contribution in [-0.2, 0) is 0 Å². The van der Waals surface area contributed by atoms with Crippen LogP contribution in [0.3, 0.4) is 0 Å². The second-order valence-electron chi connectivity index (χ2n) is 3.63. The molecule has 0 amide bonds. The Labute approximate surface area is 95.6 Å². The fourth-order valence-electron chi connectivity index (χ4n) is 1.60. The second kappa shape index (κ2) is 5.62. The van der Waals surface area contributed by atoms with Gasteiger partial charge in [0.2, 0.25) is 0 Å². The Balaban J connectivity index is 2.37. The van der Waals surface area contributed by atoms with Crippen molar-refractivity contribution in [3.05, 3.63) is 0 Å². The average molecular weight is 234 g/mol. The molecule has 1 aliphatic rings. The first-order chi connectivity index (χ1) is 6.22. The molecule has 0 spiro atoms. The van der Waals surface area contributed by atoms with Gasteiger partial charge in [0.25, 0.3) is 0 Å². The molecule has 0 N–H and O–H groups in total. The van der Waals surface area contributed by atoms with Gasteiger partial charge in [-0.25, -0.2) is 0 Å². The standard InChI is InChI=1S/C10H18S3/c1-3-5-6-7-10(4-2)8-12-9(11)13-10/h3-8H2,1-2H3. The molecule has 0 nitrogen and oxygen atoms in total. The lowest BCUT2D eigenvalue weighted by molar-refractivity contribution is 0.536. The summed E-state index contributed by atoms with van der Waals surface area (Å²) in [6.45, 7) is 4.56. The van der Waals surface area contributed by atoms with Gasteiger partial charge in [0, 0.05) is 10.5 Å². The summed E-state index contributed by atoms with van der Waals surface area (Å²) in [6.07, 6.45) is 6.70. The number of rotatable bonds is 5. The van der Waals surface area contributed by atoms with E-state index >= 15 is 0 Å². The van der Waals surface area contributed by atoms with Crippen molar-refractivity contribution in [2.24, 2.45) is 0 Å². The fraction of sp³-hybridized carbons (Fsp3) is 0.900. The molecule has 1 unspecified atom stereocenters. The van der Waals surface area contributed by atoms with E-state index in [1.807, 2.05) is 23.5 Å². The van der Waals surface area contributed by atoms with Gasteiger partial charge in [-0.15, -0.1) is 23.5 Å². The molecule has 0 aromatic carbocycles. The van der Waals surface area contributed by atoms with Crippen LogP contribution in [0.2, 0.25) is 0 Å². The summed E-state index contributed by atoms with van der Waals surface area (Å²) in [5.41, 5.74) is 0. The number of thiocarbonyl (C=S) groups is 1. The highest BCUT2D eigenvalue weighted by atomic mass is 32.2. The van der Waals surface area contributed by atoms with E-state index < -0.39 is 0 Å². The van der Waals surface area contributed by atoms with Crippen molar-refractivity contribution in [2.45, 2.75) is 50.7 Å². The van der Waals surface area contributed by atoms with Crippen LogP contribution in [-0.4, -0.2) is 14.0 Å². The molecule has 1 heterocycles. The van der Waals surface area contributed by atoms with Crippen LogP contribution in [0, 0.1) is 0 Å². The zero-order valence-corrected chi connectivity index (χ0v) is 10.9. The second-order valence-corrected chi connectivity index (χ2v) is 7.28. The van der Waals surface area contributed by atoms with E-state index in [9.17, 15) is 0 Å². The quantitative estimate of drug-likeness (QED) is 0.508. The average Bonchev–Trinajstić information content (AvgIpc) is 2.49. The van der Waals surface area contributed by atoms with Gasteiger partial charge in [0.1, 0.15) is 3.53 Å². The molecule has 0 aromatic rings. The van der Waals surface area contributed by atoms with Crippen LogP contribution < -0.4 is 0 Å². The first kappa shape index (κ1) is 11.9. The van der Waals surface area contributed by atoms with Gasteiger partial charge in [-0.05, 0) is 12.8 Å². The fourth-order valence-corrected chi connectivity index (χ4v) is 5.13. The molecule has 1 rings (SSSR count). The molecule has 1 atom stereocenters. The molecule has 0 radical (unpaired) electrons. The van der Waals surface area contributed by atoms with E-state index in [0.29, 0.717) is 4.75 Å². The Morgan fingerprint density at radius 2 is 2.15 bits per heavy atom. The molecule has 1 saturated heterocycles. The zero-order valence-electron chi connectivity index (χ0n) is 8.47. The number of hydrogen-bond acceptors (Lipinski definition) is 3. The summed E-state index contributed by atoms with van der Waals surface area (Å²) < 4.78 is 1.66. The van der Waals surface area contributed by atoms with Crippen LogP contribution in [0.15, 0.2) is 0 Å². The van der Waals surface area contributed by atoms with Crippen LogP contribution in [0.25, 0.3) is 0 Å². The molecule has 1 fully saturated rings. The maximum atomic E-state index is 5.24. The molecule has 0 bridgehead atoms. The lowest BCUT2D eigenvalue weighted by atomic mass is 9.99. The maximum absolute atomic E-state index is 5.24. The summed E-state index contributed by atoms with van der Waals surface area (Å²) in [7, 11) is 0. The third kappa shape index (κ3) is 3.45. The van der Waals surface area contributed by atoms with E-state index in [0.717, 1.165) is 0 Å².